The Morgan fingerprint density at radius 2 is 2.55 bits per heavy atom. The Morgan fingerprint density at radius 1 is 1.82 bits per heavy atom. The van der Waals surface area contributed by atoms with Crippen LogP contribution >= 0.6 is 0 Å². The highest BCUT2D eigenvalue weighted by Gasteiger charge is 1.97. The van der Waals surface area contributed by atoms with E-state index in [4.69, 9.17) is 9.52 Å². The van der Waals surface area contributed by atoms with Gasteiger partial charge >= 0.3 is 5.97 Å². The second-order valence-corrected chi connectivity index (χ2v) is 1.82. The first-order valence-corrected chi connectivity index (χ1v) is 2.85. The van der Waals surface area contributed by atoms with E-state index in [1.807, 2.05) is 5.92 Å². The minimum Gasteiger partial charge on any atom is -0.472 e. The summed E-state index contributed by atoms with van der Waals surface area (Å²) in [5, 5.41) is 8.17. The van der Waals surface area contributed by atoms with Crippen LogP contribution in [-0.4, -0.2) is 16.1 Å². The molecule has 1 heterocycles. The van der Waals surface area contributed by atoms with E-state index in [2.05, 4.69) is 10.9 Å². The largest absolute Gasteiger partial charge is 0.472 e. The van der Waals surface area contributed by atoms with Crippen LogP contribution in [0.4, 0.5) is 0 Å². The molecular weight excluding hydrogens is 146 g/mol. The number of carbonyl (C=O) groups is 1. The summed E-state index contributed by atoms with van der Waals surface area (Å²) in [5.41, 5.74) is 0.596. The Labute approximate surface area is 62.9 Å². The van der Waals surface area contributed by atoms with Crippen LogP contribution in [0.5, 0.6) is 0 Å². The maximum absolute atomic E-state index is 9.97. The summed E-state index contributed by atoms with van der Waals surface area (Å²) in [4.78, 5) is 13.7. The van der Waals surface area contributed by atoms with Crippen molar-refractivity contribution in [2.45, 2.75) is 6.92 Å². The predicted octanol–water partition coefficient (Wildman–Crippen LogP) is 0.419. The highest BCUT2D eigenvalue weighted by Crippen LogP contribution is 2.01. The summed E-state index contributed by atoms with van der Waals surface area (Å²) in [5.74, 6) is 3.35. The molecule has 0 saturated heterocycles. The van der Waals surface area contributed by atoms with E-state index >= 15 is 0 Å². The highest BCUT2D eigenvalue weighted by molar-refractivity contribution is 5.87. The monoisotopic (exact) mass is 151 g/mol. The fourth-order valence-corrected chi connectivity index (χ4v) is 0.532. The molecule has 0 unspecified atom stereocenters. The highest BCUT2D eigenvalue weighted by atomic mass is 16.4. The smallest absolute Gasteiger partial charge is 0.382 e. The number of hydrogen-bond acceptors (Lipinski definition) is 3. The SMILES string of the molecule is Cc1ncoc1C#CC(=O)O. The number of nitrogens with zero attached hydrogens (tertiary/aromatic N) is 1. The molecule has 1 aromatic rings. The molecule has 1 N–H and O–H groups in total. The minimum atomic E-state index is -1.18. The first kappa shape index (κ1) is 7.35. The van der Waals surface area contributed by atoms with Crippen molar-refractivity contribution in [2.24, 2.45) is 0 Å². The van der Waals surface area contributed by atoms with Gasteiger partial charge in [0, 0.05) is 5.92 Å². The van der Waals surface area contributed by atoms with Gasteiger partial charge in [0.25, 0.3) is 0 Å². The van der Waals surface area contributed by atoms with Crippen molar-refractivity contribution < 1.29 is 14.3 Å². The molecule has 0 amide bonds. The molecule has 0 spiro atoms. The number of aromatic nitrogens is 1. The normalized spacial score (nSPS) is 8.45. The van der Waals surface area contributed by atoms with Gasteiger partial charge in [0.05, 0.1) is 5.69 Å². The average Bonchev–Trinajstić information content (AvgIpc) is 2.31. The Morgan fingerprint density at radius 3 is 3.00 bits per heavy atom. The molecule has 56 valence electrons. The molecule has 1 aromatic heterocycles. The van der Waals surface area contributed by atoms with Gasteiger partial charge in [0.1, 0.15) is 0 Å². The quantitative estimate of drug-likeness (QED) is 0.546. The van der Waals surface area contributed by atoms with Crippen LogP contribution in [0.15, 0.2) is 10.8 Å². The lowest BCUT2D eigenvalue weighted by Gasteiger charge is -1.78. The molecular formula is C7H5NO3. The summed E-state index contributed by atoms with van der Waals surface area (Å²) < 4.78 is 4.77. The minimum absolute atomic E-state index is 0.299. The lowest BCUT2D eigenvalue weighted by Crippen LogP contribution is -1.87. The maximum atomic E-state index is 9.97. The number of oxazole rings is 1. The van der Waals surface area contributed by atoms with Crippen LogP contribution in [0.3, 0.4) is 0 Å². The second kappa shape index (κ2) is 2.88. The summed E-state index contributed by atoms with van der Waals surface area (Å²) >= 11 is 0. The zero-order valence-corrected chi connectivity index (χ0v) is 5.79. The van der Waals surface area contributed by atoms with Gasteiger partial charge in [-0.25, -0.2) is 9.78 Å². The van der Waals surface area contributed by atoms with E-state index in [1.54, 1.807) is 6.92 Å². The first-order valence-electron chi connectivity index (χ1n) is 2.85. The Balaban J connectivity index is 2.90. The van der Waals surface area contributed by atoms with E-state index in [9.17, 15) is 4.79 Å². The van der Waals surface area contributed by atoms with Crippen LogP contribution in [0.1, 0.15) is 11.5 Å². The van der Waals surface area contributed by atoms with Gasteiger partial charge in [-0.2, -0.15) is 0 Å². The van der Waals surface area contributed by atoms with Gasteiger partial charge in [-0.3, -0.25) is 0 Å². The molecule has 4 heteroatoms. The molecule has 0 fully saturated rings. The van der Waals surface area contributed by atoms with Gasteiger partial charge < -0.3 is 9.52 Å². The Kier molecular flexibility index (Phi) is 1.93. The number of rotatable bonds is 0. The summed E-state index contributed by atoms with van der Waals surface area (Å²) in [6.07, 6.45) is 1.22. The van der Waals surface area contributed by atoms with E-state index in [-0.39, 0.29) is 0 Å². The predicted molar refractivity (Wildman–Crippen MR) is 35.8 cm³/mol. The fourth-order valence-electron chi connectivity index (χ4n) is 0.532. The van der Waals surface area contributed by atoms with E-state index in [0.717, 1.165) is 0 Å². The third-order valence-corrected chi connectivity index (χ3v) is 1.03. The number of aliphatic carboxylic acids is 1. The van der Waals surface area contributed by atoms with Crippen molar-refractivity contribution in [1.29, 1.82) is 0 Å². The average molecular weight is 151 g/mol. The molecule has 0 aliphatic carbocycles. The molecule has 0 radical (unpaired) electrons. The van der Waals surface area contributed by atoms with Crippen LogP contribution in [0, 0.1) is 18.8 Å². The topological polar surface area (TPSA) is 63.3 Å². The molecule has 0 aliphatic heterocycles. The van der Waals surface area contributed by atoms with Gasteiger partial charge in [-0.1, -0.05) is 0 Å². The molecule has 0 atom stereocenters. The summed E-state index contributed by atoms with van der Waals surface area (Å²) in [7, 11) is 0. The van der Waals surface area contributed by atoms with Crippen LogP contribution in [0.2, 0.25) is 0 Å². The van der Waals surface area contributed by atoms with Crippen LogP contribution in [0.25, 0.3) is 0 Å². The summed E-state index contributed by atoms with van der Waals surface area (Å²) in [6.45, 7) is 1.69. The fraction of sp³-hybridized carbons (Fsp3) is 0.143. The van der Waals surface area contributed by atoms with Crippen molar-refractivity contribution in [3.05, 3.63) is 17.8 Å². The second-order valence-electron chi connectivity index (χ2n) is 1.82. The molecule has 0 bridgehead atoms. The first-order chi connectivity index (χ1) is 5.20. The van der Waals surface area contributed by atoms with Crippen molar-refractivity contribution in [3.8, 4) is 11.8 Å². The third-order valence-electron chi connectivity index (χ3n) is 1.03. The van der Waals surface area contributed by atoms with E-state index in [0.29, 0.717) is 11.5 Å². The maximum Gasteiger partial charge on any atom is 0.382 e. The molecule has 1 rings (SSSR count). The third kappa shape index (κ3) is 1.83. The number of hydrogen-bond donors (Lipinski definition) is 1. The van der Waals surface area contributed by atoms with Crippen molar-refractivity contribution >= 4 is 5.97 Å². The van der Waals surface area contributed by atoms with Crippen LogP contribution < -0.4 is 0 Å². The number of aryl methyl sites for hydroxylation is 1. The Hall–Kier alpha value is -1.76. The lowest BCUT2D eigenvalue weighted by molar-refractivity contribution is -0.130. The molecule has 4 nitrogen and oxygen atoms in total. The van der Waals surface area contributed by atoms with Gasteiger partial charge in [-0.15, -0.1) is 0 Å². The van der Waals surface area contributed by atoms with Gasteiger partial charge in [0.2, 0.25) is 5.76 Å². The zero-order valence-electron chi connectivity index (χ0n) is 5.79. The lowest BCUT2D eigenvalue weighted by atomic mass is 10.4. The van der Waals surface area contributed by atoms with E-state index in [1.165, 1.54) is 6.39 Å². The molecule has 0 aromatic carbocycles. The standard InChI is InChI=1S/C7H5NO3/c1-5-6(11-4-8-5)2-3-7(9)10/h4H,1H3,(H,9,10). The van der Waals surface area contributed by atoms with Crippen molar-refractivity contribution in [3.63, 3.8) is 0 Å². The number of carboxylic acids is 1. The summed E-state index contributed by atoms with van der Waals surface area (Å²) in [6, 6.07) is 0. The Bertz CT molecular complexity index is 329. The van der Waals surface area contributed by atoms with E-state index < -0.39 is 5.97 Å². The molecule has 0 saturated carbocycles. The van der Waals surface area contributed by atoms with Crippen LogP contribution in [-0.2, 0) is 4.79 Å². The van der Waals surface area contributed by atoms with Crippen molar-refractivity contribution in [1.82, 2.24) is 4.98 Å². The zero-order chi connectivity index (χ0) is 8.27. The van der Waals surface area contributed by atoms with Gasteiger partial charge in [-0.05, 0) is 12.8 Å². The van der Waals surface area contributed by atoms with Crippen molar-refractivity contribution in [2.75, 3.05) is 0 Å². The van der Waals surface area contributed by atoms with Gasteiger partial charge in [0.15, 0.2) is 6.39 Å². The molecule has 11 heavy (non-hydrogen) atoms. The number of carboxylic acid groups (broad SMARTS) is 1. The molecule has 0 aliphatic rings.